The Morgan fingerprint density at radius 3 is 2.58 bits per heavy atom. The lowest BCUT2D eigenvalue weighted by Gasteiger charge is -2.23. The van der Waals surface area contributed by atoms with E-state index in [0.717, 1.165) is 11.1 Å². The molecule has 0 aliphatic heterocycles. The van der Waals surface area contributed by atoms with Gasteiger partial charge in [-0.05, 0) is 67.4 Å². The van der Waals surface area contributed by atoms with Crippen molar-refractivity contribution in [2.45, 2.75) is 26.5 Å². The summed E-state index contributed by atoms with van der Waals surface area (Å²) in [4.78, 5) is 17.3. The highest BCUT2D eigenvalue weighted by Crippen LogP contribution is 2.46. The van der Waals surface area contributed by atoms with E-state index < -0.39 is 12.0 Å². The molecule has 0 aliphatic carbocycles. The van der Waals surface area contributed by atoms with Crippen molar-refractivity contribution >= 4 is 27.7 Å². The molecule has 0 spiro atoms. The van der Waals surface area contributed by atoms with Crippen molar-refractivity contribution in [3.63, 3.8) is 0 Å². The third kappa shape index (κ3) is 5.21. The summed E-state index contributed by atoms with van der Waals surface area (Å²) < 4.78 is 30.8. The van der Waals surface area contributed by atoms with Gasteiger partial charge < -0.3 is 30.0 Å². The predicted molar refractivity (Wildman–Crippen MR) is 150 cm³/mol. The molecule has 4 N–H and O–H groups in total. The Morgan fingerprint density at radius 2 is 1.88 bits per heavy atom. The van der Waals surface area contributed by atoms with Gasteiger partial charge in [0.25, 0.3) is 0 Å². The highest BCUT2D eigenvalue weighted by molar-refractivity contribution is 6.17. The number of ether oxygens (including phenoxy) is 2. The number of hydrogen-bond acceptors (Lipinski definition) is 8. The van der Waals surface area contributed by atoms with Crippen molar-refractivity contribution in [3.8, 4) is 11.5 Å². The highest BCUT2D eigenvalue weighted by Gasteiger charge is 2.31. The number of nitrogens with two attached hydrogens (primary N) is 1. The molecular formula is C31H30FN3O5. The van der Waals surface area contributed by atoms with Gasteiger partial charge in [0.2, 0.25) is 0 Å². The first-order valence-corrected chi connectivity index (χ1v) is 13.0. The maximum absolute atomic E-state index is 13.3. The average Bonchev–Trinajstić information content (AvgIpc) is 3.31. The van der Waals surface area contributed by atoms with E-state index in [2.05, 4.69) is 10.3 Å². The molecule has 206 valence electrons. The molecule has 40 heavy (non-hydrogen) atoms. The minimum atomic E-state index is -0.549. The Kier molecular flexibility index (Phi) is 7.95. The molecule has 2 heterocycles. The molecule has 0 radical (unpaired) electrons. The first-order chi connectivity index (χ1) is 19.4. The van der Waals surface area contributed by atoms with Crippen LogP contribution in [-0.2, 0) is 11.3 Å². The normalized spacial score (nSPS) is 12.1. The number of carbonyl (C=O) groups is 1. The van der Waals surface area contributed by atoms with E-state index in [0.29, 0.717) is 51.9 Å². The Morgan fingerprint density at radius 1 is 1.12 bits per heavy atom. The molecule has 1 unspecified atom stereocenters. The van der Waals surface area contributed by atoms with Gasteiger partial charge in [-0.3, -0.25) is 4.98 Å². The standard InChI is InChI=1S/C31H30FN3O5/c1-3-38-31(37)25-18(2)40-30-23-9-8-22(39-17-19-4-6-21(32)7-5-19)16-24(23)29(36)27(26(25)30)28(35-15-12-33)20-10-13-34-14-11-20/h4-11,13-14,16,28,35-36H,3,12,15,17,33H2,1-2H3. The fraction of sp³-hybridized carbons (Fsp3) is 0.226. The number of aromatic hydroxyl groups is 1. The minimum absolute atomic E-state index is 0.0348. The molecule has 3 aromatic carbocycles. The van der Waals surface area contributed by atoms with Crippen molar-refractivity contribution in [1.29, 1.82) is 0 Å². The van der Waals surface area contributed by atoms with E-state index in [1.54, 1.807) is 56.6 Å². The van der Waals surface area contributed by atoms with Crippen LogP contribution in [0.1, 0.15) is 45.8 Å². The van der Waals surface area contributed by atoms with Gasteiger partial charge >= 0.3 is 5.97 Å². The number of benzene rings is 3. The van der Waals surface area contributed by atoms with Crippen molar-refractivity contribution in [2.24, 2.45) is 5.73 Å². The van der Waals surface area contributed by atoms with Gasteiger partial charge in [0.05, 0.1) is 12.6 Å². The van der Waals surface area contributed by atoms with Crippen LogP contribution in [0.2, 0.25) is 0 Å². The highest BCUT2D eigenvalue weighted by atomic mass is 19.1. The van der Waals surface area contributed by atoms with Crippen LogP contribution in [0, 0.1) is 12.7 Å². The third-order valence-corrected chi connectivity index (χ3v) is 6.72. The molecule has 9 heteroatoms. The van der Waals surface area contributed by atoms with Gasteiger partial charge in [-0.25, -0.2) is 9.18 Å². The van der Waals surface area contributed by atoms with E-state index in [9.17, 15) is 14.3 Å². The summed E-state index contributed by atoms with van der Waals surface area (Å²) in [6.45, 7) is 4.64. The smallest absolute Gasteiger partial charge is 0.342 e. The number of phenolic OH excluding ortho intramolecular Hbond substituents is 1. The van der Waals surface area contributed by atoms with E-state index in [4.69, 9.17) is 19.6 Å². The Hall–Kier alpha value is -4.47. The number of fused-ring (bicyclic) bond motifs is 3. The zero-order valence-electron chi connectivity index (χ0n) is 22.2. The van der Waals surface area contributed by atoms with Crippen molar-refractivity contribution in [1.82, 2.24) is 10.3 Å². The molecule has 0 aliphatic rings. The summed E-state index contributed by atoms with van der Waals surface area (Å²) in [6.07, 6.45) is 3.33. The Bertz CT molecular complexity index is 1650. The van der Waals surface area contributed by atoms with Crippen LogP contribution in [0.4, 0.5) is 4.39 Å². The predicted octanol–water partition coefficient (Wildman–Crippen LogP) is 5.53. The van der Waals surface area contributed by atoms with Crippen molar-refractivity contribution in [3.05, 3.63) is 101 Å². The number of pyridine rings is 1. The van der Waals surface area contributed by atoms with Gasteiger partial charge in [-0.15, -0.1) is 0 Å². The topological polar surface area (TPSA) is 120 Å². The van der Waals surface area contributed by atoms with E-state index in [1.165, 1.54) is 12.1 Å². The first-order valence-electron chi connectivity index (χ1n) is 13.0. The van der Waals surface area contributed by atoms with Crippen LogP contribution >= 0.6 is 0 Å². The van der Waals surface area contributed by atoms with Crippen molar-refractivity contribution < 1.29 is 28.2 Å². The van der Waals surface area contributed by atoms with E-state index >= 15 is 0 Å². The number of furan rings is 1. The van der Waals surface area contributed by atoms with Crippen LogP contribution < -0.4 is 15.8 Å². The summed E-state index contributed by atoms with van der Waals surface area (Å²) in [5.41, 5.74) is 8.61. The van der Waals surface area contributed by atoms with Crippen LogP contribution in [-0.4, -0.2) is 35.8 Å². The molecule has 2 aromatic heterocycles. The monoisotopic (exact) mass is 543 g/mol. The van der Waals surface area contributed by atoms with Gasteiger partial charge in [-0.1, -0.05) is 12.1 Å². The average molecular weight is 544 g/mol. The number of nitrogens with zero attached hydrogens (tertiary/aromatic N) is 1. The fourth-order valence-electron chi connectivity index (χ4n) is 4.91. The van der Waals surface area contributed by atoms with Gasteiger partial charge in [-0.2, -0.15) is 0 Å². The number of nitrogens with one attached hydrogen (secondary N) is 1. The summed E-state index contributed by atoms with van der Waals surface area (Å²) in [6, 6.07) is 14.5. The van der Waals surface area contributed by atoms with E-state index in [-0.39, 0.29) is 30.3 Å². The Balaban J connectivity index is 1.73. The number of esters is 1. The molecule has 0 saturated heterocycles. The second kappa shape index (κ2) is 11.7. The second-order valence-corrected chi connectivity index (χ2v) is 9.30. The molecule has 0 saturated carbocycles. The number of aryl methyl sites for hydroxylation is 1. The van der Waals surface area contributed by atoms with Crippen LogP contribution in [0.5, 0.6) is 11.5 Å². The van der Waals surface area contributed by atoms with Gasteiger partial charge in [0.1, 0.15) is 40.8 Å². The number of aromatic nitrogens is 1. The van der Waals surface area contributed by atoms with Gasteiger partial charge in [0.15, 0.2) is 0 Å². The third-order valence-electron chi connectivity index (χ3n) is 6.72. The molecule has 8 nitrogen and oxygen atoms in total. The number of carbonyl (C=O) groups excluding carboxylic acids is 1. The number of hydrogen-bond donors (Lipinski definition) is 3. The number of halogens is 1. The maximum atomic E-state index is 13.3. The van der Waals surface area contributed by atoms with E-state index in [1.807, 2.05) is 12.1 Å². The van der Waals surface area contributed by atoms with Crippen LogP contribution in [0.3, 0.4) is 0 Å². The zero-order valence-corrected chi connectivity index (χ0v) is 22.2. The molecule has 0 fully saturated rings. The quantitative estimate of drug-likeness (QED) is 0.197. The van der Waals surface area contributed by atoms with Gasteiger partial charge in [0, 0.05) is 47.2 Å². The fourth-order valence-corrected chi connectivity index (χ4v) is 4.91. The Labute approximate surface area is 230 Å². The largest absolute Gasteiger partial charge is 0.507 e. The molecule has 0 amide bonds. The zero-order chi connectivity index (χ0) is 28.2. The molecule has 0 bridgehead atoms. The lowest BCUT2D eigenvalue weighted by molar-refractivity contribution is 0.0526. The second-order valence-electron chi connectivity index (χ2n) is 9.30. The summed E-state index contributed by atoms with van der Waals surface area (Å²) >= 11 is 0. The number of phenols is 1. The minimum Gasteiger partial charge on any atom is -0.507 e. The molecule has 5 rings (SSSR count). The SMILES string of the molecule is CCOC(=O)c1c(C)oc2c1c(C(NCCN)c1ccncc1)c(O)c1cc(OCc3ccc(F)cc3)ccc12. The van der Waals surface area contributed by atoms with Crippen molar-refractivity contribution in [2.75, 3.05) is 19.7 Å². The molecule has 1 atom stereocenters. The lowest BCUT2D eigenvalue weighted by Crippen LogP contribution is -2.28. The molecule has 5 aromatic rings. The maximum Gasteiger partial charge on any atom is 0.342 e. The molecular weight excluding hydrogens is 513 g/mol. The summed E-state index contributed by atoms with van der Waals surface area (Å²) in [5, 5.41) is 16.8. The summed E-state index contributed by atoms with van der Waals surface area (Å²) in [7, 11) is 0. The van der Waals surface area contributed by atoms with Crippen LogP contribution in [0.15, 0.2) is 71.4 Å². The first kappa shape index (κ1) is 27.1. The number of rotatable bonds is 10. The van der Waals surface area contributed by atoms with Crippen LogP contribution in [0.25, 0.3) is 21.7 Å². The lowest BCUT2D eigenvalue weighted by atomic mass is 9.90. The summed E-state index contributed by atoms with van der Waals surface area (Å²) in [5.74, 6) is -0.0104.